The fourth-order valence-corrected chi connectivity index (χ4v) is 4.58. The lowest BCUT2D eigenvalue weighted by atomic mass is 10.1. The smallest absolute Gasteiger partial charge is 0.270 e. The Hall–Kier alpha value is -3.46. The van der Waals surface area contributed by atoms with Crippen LogP contribution in [0.1, 0.15) is 23.9 Å². The van der Waals surface area contributed by atoms with E-state index in [4.69, 9.17) is 35.4 Å². The molecular weight excluding hydrogens is 507 g/mol. The number of carbonyl (C=O) groups is 3. The minimum absolute atomic E-state index is 0.0777. The van der Waals surface area contributed by atoms with E-state index in [1.165, 1.54) is 13.0 Å². The SMILES string of the molecule is CC(=O)Nc1ccc(-n2c(C)cc(/C=C3\C(=O)NC(=S)N(c4cccc(Cl)c4Cl)C3=O)c2C)cc1. The molecule has 178 valence electrons. The van der Waals surface area contributed by atoms with Crippen LogP contribution in [0, 0.1) is 13.8 Å². The lowest BCUT2D eigenvalue weighted by Crippen LogP contribution is -2.54. The van der Waals surface area contributed by atoms with Crippen LogP contribution in [-0.2, 0) is 14.4 Å². The Morgan fingerprint density at radius 1 is 1.09 bits per heavy atom. The molecule has 3 amide bonds. The van der Waals surface area contributed by atoms with Crippen molar-refractivity contribution < 1.29 is 14.4 Å². The average Bonchev–Trinajstić information content (AvgIpc) is 3.07. The van der Waals surface area contributed by atoms with Gasteiger partial charge in [-0.3, -0.25) is 24.6 Å². The number of hydrogen-bond donors (Lipinski definition) is 2. The first-order chi connectivity index (χ1) is 16.6. The summed E-state index contributed by atoms with van der Waals surface area (Å²) in [5.41, 5.74) is 4.16. The molecule has 1 aromatic heterocycles. The fourth-order valence-electron chi connectivity index (χ4n) is 3.93. The van der Waals surface area contributed by atoms with E-state index < -0.39 is 11.8 Å². The zero-order valence-electron chi connectivity index (χ0n) is 19.0. The summed E-state index contributed by atoms with van der Waals surface area (Å²) in [5, 5.41) is 5.63. The first-order valence-electron chi connectivity index (χ1n) is 10.5. The molecule has 0 radical (unpaired) electrons. The highest BCUT2D eigenvalue weighted by molar-refractivity contribution is 7.80. The maximum atomic E-state index is 13.4. The highest BCUT2D eigenvalue weighted by Gasteiger charge is 2.36. The van der Waals surface area contributed by atoms with Gasteiger partial charge in [0.15, 0.2) is 5.11 Å². The first-order valence-corrected chi connectivity index (χ1v) is 11.7. The number of nitrogens with one attached hydrogen (secondary N) is 2. The summed E-state index contributed by atoms with van der Waals surface area (Å²) in [6.45, 7) is 5.26. The van der Waals surface area contributed by atoms with Crippen LogP contribution in [-0.4, -0.2) is 27.4 Å². The van der Waals surface area contributed by atoms with E-state index in [1.54, 1.807) is 30.3 Å². The predicted molar refractivity (Wildman–Crippen MR) is 142 cm³/mol. The normalized spacial score (nSPS) is 14.9. The lowest BCUT2D eigenvalue weighted by molar-refractivity contribution is -0.122. The lowest BCUT2D eigenvalue weighted by Gasteiger charge is -2.29. The molecular formula is C25H20Cl2N4O3S. The predicted octanol–water partition coefficient (Wildman–Crippen LogP) is 5.19. The van der Waals surface area contributed by atoms with Crippen molar-refractivity contribution >= 4 is 75.7 Å². The number of hydrogen-bond acceptors (Lipinski definition) is 4. The van der Waals surface area contributed by atoms with E-state index in [0.717, 1.165) is 22.0 Å². The van der Waals surface area contributed by atoms with E-state index in [1.807, 2.05) is 36.6 Å². The Morgan fingerprint density at radius 2 is 1.77 bits per heavy atom. The van der Waals surface area contributed by atoms with Crippen LogP contribution < -0.4 is 15.5 Å². The standard InChI is InChI=1S/C25H20Cl2N4O3S/c1-13-11-16(14(2)30(13)18-9-7-17(8-10-18)28-15(3)32)12-19-23(33)29-25(35)31(24(19)34)21-6-4-5-20(26)22(21)27/h4-12H,1-3H3,(H,28,32)(H,29,33,35)/b19-12+. The van der Waals surface area contributed by atoms with Gasteiger partial charge < -0.3 is 9.88 Å². The number of carbonyl (C=O) groups excluding carboxylic acids is 3. The Balaban J connectivity index is 1.73. The van der Waals surface area contributed by atoms with Gasteiger partial charge in [-0.15, -0.1) is 0 Å². The van der Waals surface area contributed by atoms with E-state index in [-0.39, 0.29) is 32.3 Å². The number of amides is 3. The van der Waals surface area contributed by atoms with Gasteiger partial charge in [0.05, 0.1) is 15.7 Å². The molecule has 1 saturated heterocycles. The van der Waals surface area contributed by atoms with Gasteiger partial charge in [-0.25, -0.2) is 0 Å². The quantitative estimate of drug-likeness (QED) is 0.278. The van der Waals surface area contributed by atoms with Gasteiger partial charge in [0.2, 0.25) is 5.91 Å². The van der Waals surface area contributed by atoms with Crippen LogP contribution in [0.3, 0.4) is 0 Å². The second kappa shape index (κ2) is 9.65. The third kappa shape index (κ3) is 4.73. The Bertz CT molecular complexity index is 1430. The van der Waals surface area contributed by atoms with Gasteiger partial charge in [0.25, 0.3) is 11.8 Å². The molecule has 0 spiro atoms. The summed E-state index contributed by atoms with van der Waals surface area (Å²) in [6, 6.07) is 14.1. The zero-order valence-corrected chi connectivity index (χ0v) is 21.3. The van der Waals surface area contributed by atoms with Gasteiger partial charge in [-0.1, -0.05) is 29.3 Å². The van der Waals surface area contributed by atoms with Crippen LogP contribution in [0.15, 0.2) is 54.1 Å². The third-order valence-corrected chi connectivity index (χ3v) is 6.58. The van der Waals surface area contributed by atoms with Crippen molar-refractivity contribution in [2.24, 2.45) is 0 Å². The number of anilines is 2. The van der Waals surface area contributed by atoms with Crippen molar-refractivity contribution in [2.75, 3.05) is 10.2 Å². The number of rotatable bonds is 4. The number of halogens is 2. The van der Waals surface area contributed by atoms with Crippen molar-refractivity contribution in [3.8, 4) is 5.69 Å². The average molecular weight is 527 g/mol. The minimum atomic E-state index is -0.604. The fraction of sp³-hybridized carbons (Fsp3) is 0.120. The molecule has 4 rings (SSSR count). The molecule has 10 heteroatoms. The van der Waals surface area contributed by atoms with Gasteiger partial charge in [0.1, 0.15) is 5.57 Å². The summed E-state index contributed by atoms with van der Waals surface area (Å²) in [4.78, 5) is 38.6. The molecule has 0 unspecified atom stereocenters. The second-order valence-corrected chi connectivity index (χ2v) is 9.09. The van der Waals surface area contributed by atoms with E-state index in [9.17, 15) is 14.4 Å². The molecule has 1 aliphatic rings. The van der Waals surface area contributed by atoms with E-state index >= 15 is 0 Å². The maximum Gasteiger partial charge on any atom is 0.270 e. The highest BCUT2D eigenvalue weighted by Crippen LogP contribution is 2.34. The summed E-state index contributed by atoms with van der Waals surface area (Å²) in [7, 11) is 0. The number of nitrogens with zero attached hydrogens (tertiary/aromatic N) is 2. The van der Waals surface area contributed by atoms with Crippen molar-refractivity contribution in [3.63, 3.8) is 0 Å². The van der Waals surface area contributed by atoms with Gasteiger partial charge in [0, 0.05) is 29.7 Å². The molecule has 0 atom stereocenters. The molecule has 0 bridgehead atoms. The van der Waals surface area contributed by atoms with E-state index in [2.05, 4.69) is 10.6 Å². The largest absolute Gasteiger partial charge is 0.326 e. The van der Waals surface area contributed by atoms with Crippen LogP contribution in [0.4, 0.5) is 11.4 Å². The number of aryl methyl sites for hydroxylation is 1. The van der Waals surface area contributed by atoms with E-state index in [0.29, 0.717) is 11.3 Å². The molecule has 35 heavy (non-hydrogen) atoms. The third-order valence-electron chi connectivity index (χ3n) is 5.49. The molecule has 0 aliphatic carbocycles. The molecule has 2 heterocycles. The van der Waals surface area contributed by atoms with Crippen molar-refractivity contribution in [1.82, 2.24) is 9.88 Å². The van der Waals surface area contributed by atoms with Gasteiger partial charge in [-0.2, -0.15) is 0 Å². The maximum absolute atomic E-state index is 13.4. The summed E-state index contributed by atoms with van der Waals surface area (Å²) < 4.78 is 1.99. The monoisotopic (exact) mass is 526 g/mol. The second-order valence-electron chi connectivity index (χ2n) is 7.92. The van der Waals surface area contributed by atoms with Crippen molar-refractivity contribution in [3.05, 3.63) is 81.1 Å². The van der Waals surface area contributed by atoms with Crippen LogP contribution >= 0.6 is 35.4 Å². The highest BCUT2D eigenvalue weighted by atomic mass is 35.5. The first kappa shape index (κ1) is 24.7. The molecule has 2 aromatic carbocycles. The molecule has 2 N–H and O–H groups in total. The minimum Gasteiger partial charge on any atom is -0.326 e. The van der Waals surface area contributed by atoms with Gasteiger partial charge in [-0.05, 0) is 80.2 Å². The summed E-state index contributed by atoms with van der Waals surface area (Å²) >= 11 is 17.7. The summed E-state index contributed by atoms with van der Waals surface area (Å²) in [6.07, 6.45) is 1.54. The number of thiocarbonyl (C=S) groups is 1. The Morgan fingerprint density at radius 3 is 2.43 bits per heavy atom. The molecule has 7 nitrogen and oxygen atoms in total. The van der Waals surface area contributed by atoms with Gasteiger partial charge >= 0.3 is 0 Å². The Labute approximate surface area is 217 Å². The number of benzene rings is 2. The van der Waals surface area contributed by atoms with Crippen LogP contribution in [0.5, 0.6) is 0 Å². The number of aromatic nitrogens is 1. The Kier molecular flexibility index (Phi) is 6.80. The molecule has 1 fully saturated rings. The van der Waals surface area contributed by atoms with Crippen molar-refractivity contribution in [1.29, 1.82) is 0 Å². The zero-order chi connectivity index (χ0) is 25.4. The van der Waals surface area contributed by atoms with Crippen molar-refractivity contribution in [2.45, 2.75) is 20.8 Å². The molecule has 0 saturated carbocycles. The summed E-state index contributed by atoms with van der Waals surface area (Å²) in [5.74, 6) is -1.35. The van der Waals surface area contributed by atoms with Crippen LogP contribution in [0.25, 0.3) is 11.8 Å². The molecule has 3 aromatic rings. The topological polar surface area (TPSA) is 83.4 Å². The molecule has 1 aliphatic heterocycles. The van der Waals surface area contributed by atoms with Crippen LogP contribution in [0.2, 0.25) is 10.0 Å².